The molecular weight excluding hydrogens is 316 g/mol. The van der Waals surface area contributed by atoms with Crippen molar-refractivity contribution >= 4 is 27.5 Å². The average molecular weight is 341 g/mol. The summed E-state index contributed by atoms with van der Waals surface area (Å²) in [7, 11) is 0. The van der Waals surface area contributed by atoms with Gasteiger partial charge < -0.3 is 11.1 Å². The van der Waals surface area contributed by atoms with Crippen molar-refractivity contribution in [3.63, 3.8) is 0 Å². The zero-order chi connectivity index (χ0) is 15.0. The van der Waals surface area contributed by atoms with Gasteiger partial charge in [-0.3, -0.25) is 4.79 Å². The van der Waals surface area contributed by atoms with Crippen molar-refractivity contribution in [2.24, 2.45) is 5.92 Å². The van der Waals surface area contributed by atoms with E-state index in [0.717, 1.165) is 23.4 Å². The number of nitrogen functional groups attached to an aromatic ring is 1. The van der Waals surface area contributed by atoms with Crippen LogP contribution in [0.5, 0.6) is 0 Å². The van der Waals surface area contributed by atoms with Gasteiger partial charge in [-0.25, -0.2) is 0 Å². The molecular formula is C16H25BrN2O. The summed E-state index contributed by atoms with van der Waals surface area (Å²) in [5.74, 6) is 0.756. The highest BCUT2D eigenvalue weighted by Crippen LogP contribution is 2.20. The molecule has 1 aromatic carbocycles. The molecule has 20 heavy (non-hydrogen) atoms. The lowest BCUT2D eigenvalue weighted by molar-refractivity contribution is 0.0953. The van der Waals surface area contributed by atoms with Crippen LogP contribution in [0.4, 0.5) is 5.69 Å². The van der Waals surface area contributed by atoms with Gasteiger partial charge in [0.1, 0.15) is 0 Å². The van der Waals surface area contributed by atoms with Crippen LogP contribution in [0.15, 0.2) is 22.7 Å². The fraction of sp³-hybridized carbons (Fsp3) is 0.562. The van der Waals surface area contributed by atoms with Gasteiger partial charge in [-0.2, -0.15) is 0 Å². The molecule has 0 unspecified atom stereocenters. The summed E-state index contributed by atoms with van der Waals surface area (Å²) >= 11 is 3.33. The Bertz CT molecular complexity index is 432. The van der Waals surface area contributed by atoms with Gasteiger partial charge in [0.25, 0.3) is 5.91 Å². The van der Waals surface area contributed by atoms with E-state index in [2.05, 4.69) is 35.1 Å². The molecule has 0 aliphatic rings. The minimum Gasteiger partial charge on any atom is -0.398 e. The molecule has 0 aliphatic heterocycles. The monoisotopic (exact) mass is 340 g/mol. The first kappa shape index (κ1) is 17.0. The fourth-order valence-electron chi connectivity index (χ4n) is 2.00. The van der Waals surface area contributed by atoms with Gasteiger partial charge in [0.15, 0.2) is 0 Å². The molecule has 0 bridgehead atoms. The Morgan fingerprint density at radius 1 is 1.25 bits per heavy atom. The number of anilines is 1. The van der Waals surface area contributed by atoms with Gasteiger partial charge >= 0.3 is 0 Å². The normalized spacial score (nSPS) is 10.8. The number of nitrogens with one attached hydrogen (secondary N) is 1. The summed E-state index contributed by atoms with van der Waals surface area (Å²) in [4.78, 5) is 11.9. The number of nitrogens with two attached hydrogens (primary N) is 1. The third-order valence-electron chi connectivity index (χ3n) is 3.26. The van der Waals surface area contributed by atoms with E-state index in [-0.39, 0.29) is 5.91 Å². The Labute approximate surface area is 130 Å². The third-order valence-corrected chi connectivity index (χ3v) is 3.94. The molecule has 0 radical (unpaired) electrons. The lowest BCUT2D eigenvalue weighted by atomic mass is 10.0. The van der Waals surface area contributed by atoms with Crippen molar-refractivity contribution in [1.29, 1.82) is 0 Å². The number of halogens is 1. The highest BCUT2D eigenvalue weighted by atomic mass is 79.9. The summed E-state index contributed by atoms with van der Waals surface area (Å²) < 4.78 is 0.763. The quantitative estimate of drug-likeness (QED) is 0.545. The van der Waals surface area contributed by atoms with E-state index in [0.29, 0.717) is 11.3 Å². The summed E-state index contributed by atoms with van der Waals surface area (Å²) in [6.07, 6.45) is 6.06. The smallest absolute Gasteiger partial charge is 0.251 e. The molecule has 1 amide bonds. The van der Waals surface area contributed by atoms with Gasteiger partial charge in [0, 0.05) is 22.3 Å². The molecule has 1 rings (SSSR count). The number of carbonyl (C=O) groups excluding carboxylic acids is 1. The van der Waals surface area contributed by atoms with Crippen molar-refractivity contribution in [1.82, 2.24) is 5.32 Å². The van der Waals surface area contributed by atoms with Crippen molar-refractivity contribution in [3.8, 4) is 0 Å². The molecule has 0 spiro atoms. The molecule has 0 atom stereocenters. The summed E-state index contributed by atoms with van der Waals surface area (Å²) in [6, 6.07) is 5.25. The fourth-order valence-corrected chi connectivity index (χ4v) is 2.38. The van der Waals surface area contributed by atoms with E-state index in [1.54, 1.807) is 18.2 Å². The molecule has 1 aromatic rings. The van der Waals surface area contributed by atoms with Crippen LogP contribution in [0, 0.1) is 5.92 Å². The standard InChI is InChI=1S/C16H25BrN2O/c1-12(2)7-5-3-4-6-10-19-16(20)13-8-9-15(18)14(17)11-13/h8-9,11-12H,3-7,10,18H2,1-2H3,(H,19,20). The Hall–Kier alpha value is -1.03. The maximum atomic E-state index is 11.9. The van der Waals surface area contributed by atoms with E-state index < -0.39 is 0 Å². The van der Waals surface area contributed by atoms with Gasteiger partial charge in [0.05, 0.1) is 0 Å². The maximum Gasteiger partial charge on any atom is 0.251 e. The van der Waals surface area contributed by atoms with Crippen molar-refractivity contribution in [3.05, 3.63) is 28.2 Å². The SMILES string of the molecule is CC(C)CCCCCCNC(=O)c1ccc(N)c(Br)c1. The third kappa shape index (κ3) is 6.42. The number of unbranched alkanes of at least 4 members (excludes halogenated alkanes) is 3. The Balaban J connectivity index is 2.18. The topological polar surface area (TPSA) is 55.1 Å². The largest absolute Gasteiger partial charge is 0.398 e. The zero-order valence-corrected chi connectivity index (χ0v) is 14.0. The zero-order valence-electron chi connectivity index (χ0n) is 12.4. The number of amides is 1. The van der Waals surface area contributed by atoms with Gasteiger partial charge in [0.2, 0.25) is 0 Å². The molecule has 3 nitrogen and oxygen atoms in total. The number of carbonyl (C=O) groups is 1. The Morgan fingerprint density at radius 3 is 2.60 bits per heavy atom. The van der Waals surface area contributed by atoms with Crippen LogP contribution in [0.3, 0.4) is 0 Å². The molecule has 0 aliphatic carbocycles. The molecule has 0 saturated carbocycles. The van der Waals surface area contributed by atoms with E-state index in [1.165, 1.54) is 25.7 Å². The van der Waals surface area contributed by atoms with Crippen LogP contribution >= 0.6 is 15.9 Å². The Morgan fingerprint density at radius 2 is 1.95 bits per heavy atom. The molecule has 0 heterocycles. The number of hydrogen-bond donors (Lipinski definition) is 2. The highest BCUT2D eigenvalue weighted by molar-refractivity contribution is 9.10. The molecule has 4 heteroatoms. The summed E-state index contributed by atoms with van der Waals surface area (Å²) in [5, 5.41) is 2.94. The van der Waals surface area contributed by atoms with E-state index in [4.69, 9.17) is 5.73 Å². The van der Waals surface area contributed by atoms with Crippen molar-refractivity contribution in [2.45, 2.75) is 46.0 Å². The van der Waals surface area contributed by atoms with E-state index in [1.807, 2.05) is 0 Å². The van der Waals surface area contributed by atoms with Crippen LogP contribution in [0.2, 0.25) is 0 Å². The number of hydrogen-bond acceptors (Lipinski definition) is 2. The highest BCUT2D eigenvalue weighted by Gasteiger charge is 2.06. The van der Waals surface area contributed by atoms with Gasteiger partial charge in [-0.05, 0) is 46.5 Å². The first-order chi connectivity index (χ1) is 9.50. The van der Waals surface area contributed by atoms with Gasteiger partial charge in [-0.1, -0.05) is 39.5 Å². The first-order valence-corrected chi connectivity index (χ1v) is 8.13. The van der Waals surface area contributed by atoms with Crippen molar-refractivity contribution < 1.29 is 4.79 Å². The van der Waals surface area contributed by atoms with Crippen LogP contribution in [-0.2, 0) is 0 Å². The number of benzene rings is 1. The Kier molecular flexibility index (Phi) is 7.67. The summed E-state index contributed by atoms with van der Waals surface area (Å²) in [5.41, 5.74) is 6.99. The average Bonchev–Trinajstić information content (AvgIpc) is 2.40. The predicted octanol–water partition coefficient (Wildman–Crippen LogP) is 4.37. The minimum atomic E-state index is -0.0344. The van der Waals surface area contributed by atoms with Gasteiger partial charge in [-0.15, -0.1) is 0 Å². The lowest BCUT2D eigenvalue weighted by Gasteiger charge is -2.07. The summed E-state index contributed by atoms with van der Waals surface area (Å²) in [6.45, 7) is 5.25. The lowest BCUT2D eigenvalue weighted by Crippen LogP contribution is -2.24. The van der Waals surface area contributed by atoms with E-state index in [9.17, 15) is 4.79 Å². The maximum absolute atomic E-state index is 11.9. The molecule has 0 saturated heterocycles. The molecule has 112 valence electrons. The van der Waals surface area contributed by atoms with Crippen molar-refractivity contribution in [2.75, 3.05) is 12.3 Å². The molecule has 3 N–H and O–H groups in total. The predicted molar refractivity (Wildman–Crippen MR) is 88.8 cm³/mol. The second-order valence-corrected chi connectivity index (χ2v) is 6.44. The van der Waals surface area contributed by atoms with Crippen LogP contribution in [0.1, 0.15) is 56.3 Å². The van der Waals surface area contributed by atoms with E-state index >= 15 is 0 Å². The second kappa shape index (κ2) is 9.01. The van der Waals surface area contributed by atoms with Crippen LogP contribution in [0.25, 0.3) is 0 Å². The molecule has 0 aromatic heterocycles. The number of rotatable bonds is 8. The molecule has 0 fully saturated rings. The first-order valence-electron chi connectivity index (χ1n) is 7.34. The second-order valence-electron chi connectivity index (χ2n) is 5.59. The minimum absolute atomic E-state index is 0.0344. The van der Waals surface area contributed by atoms with Crippen LogP contribution in [-0.4, -0.2) is 12.5 Å². The van der Waals surface area contributed by atoms with Crippen LogP contribution < -0.4 is 11.1 Å².